The van der Waals surface area contributed by atoms with E-state index in [1.54, 1.807) is 31.2 Å². The summed E-state index contributed by atoms with van der Waals surface area (Å²) in [6.07, 6.45) is -3.14. The Kier molecular flexibility index (Phi) is 11.2. The molecule has 2 aromatic rings. The molecule has 0 spiro atoms. The lowest BCUT2D eigenvalue weighted by atomic mass is 10.1. The Bertz CT molecular complexity index is 1240. The molecule has 2 atom stereocenters. The zero-order valence-corrected chi connectivity index (χ0v) is 23.6. The van der Waals surface area contributed by atoms with E-state index >= 15 is 0 Å². The van der Waals surface area contributed by atoms with Crippen molar-refractivity contribution in [2.45, 2.75) is 64.8 Å². The SMILES string of the molecule is CC[C@H](C)NC(=O)[C@@H](C)N(Cc1cccc(OC)c1)C(=O)CCCN(c1cccc(C(F)(F)F)c1)S(C)(=O)=O. The molecule has 0 saturated heterocycles. The Hall–Kier alpha value is -3.28. The molecule has 12 heteroatoms. The van der Waals surface area contributed by atoms with Crippen LogP contribution in [0.5, 0.6) is 5.75 Å². The molecule has 0 fully saturated rings. The number of rotatable bonds is 13. The summed E-state index contributed by atoms with van der Waals surface area (Å²) in [5.41, 5.74) is -0.391. The molecule has 39 heavy (non-hydrogen) atoms. The second-order valence-corrected chi connectivity index (χ2v) is 11.3. The fourth-order valence-corrected chi connectivity index (χ4v) is 4.81. The van der Waals surface area contributed by atoms with Gasteiger partial charge in [-0.3, -0.25) is 13.9 Å². The first-order valence-corrected chi connectivity index (χ1v) is 14.4. The molecule has 0 unspecified atom stereocenters. The van der Waals surface area contributed by atoms with Crippen LogP contribution >= 0.6 is 0 Å². The summed E-state index contributed by atoms with van der Waals surface area (Å²) in [7, 11) is -2.42. The number of ether oxygens (including phenoxy) is 1. The van der Waals surface area contributed by atoms with E-state index in [0.717, 1.165) is 34.3 Å². The Morgan fingerprint density at radius 1 is 1.08 bits per heavy atom. The van der Waals surface area contributed by atoms with Crippen molar-refractivity contribution in [3.63, 3.8) is 0 Å². The van der Waals surface area contributed by atoms with Gasteiger partial charge in [-0.15, -0.1) is 0 Å². The fourth-order valence-electron chi connectivity index (χ4n) is 3.86. The lowest BCUT2D eigenvalue weighted by Crippen LogP contribution is -2.49. The van der Waals surface area contributed by atoms with Gasteiger partial charge >= 0.3 is 6.18 Å². The van der Waals surface area contributed by atoms with Crippen LogP contribution in [-0.2, 0) is 32.3 Å². The third-order valence-electron chi connectivity index (χ3n) is 6.27. The van der Waals surface area contributed by atoms with Crippen LogP contribution in [0, 0.1) is 0 Å². The van der Waals surface area contributed by atoms with E-state index in [9.17, 15) is 31.2 Å². The maximum absolute atomic E-state index is 13.4. The molecule has 0 radical (unpaired) electrons. The second kappa shape index (κ2) is 13.7. The number of alkyl halides is 3. The third-order valence-corrected chi connectivity index (χ3v) is 7.46. The summed E-state index contributed by atoms with van der Waals surface area (Å²) in [6.45, 7) is 5.28. The Morgan fingerprint density at radius 2 is 1.74 bits per heavy atom. The number of anilines is 1. The lowest BCUT2D eigenvalue weighted by Gasteiger charge is -2.30. The first-order valence-electron chi connectivity index (χ1n) is 12.5. The number of nitrogens with zero attached hydrogens (tertiary/aromatic N) is 2. The Labute approximate surface area is 228 Å². The van der Waals surface area contributed by atoms with E-state index in [1.807, 2.05) is 13.8 Å². The highest BCUT2D eigenvalue weighted by molar-refractivity contribution is 7.92. The van der Waals surface area contributed by atoms with Gasteiger partial charge in [0, 0.05) is 25.6 Å². The predicted molar refractivity (Wildman–Crippen MR) is 144 cm³/mol. The molecule has 2 amide bonds. The van der Waals surface area contributed by atoms with Crippen LogP contribution in [0.1, 0.15) is 51.2 Å². The van der Waals surface area contributed by atoms with Crippen LogP contribution < -0.4 is 14.4 Å². The molecule has 0 saturated carbocycles. The number of methoxy groups -OCH3 is 1. The predicted octanol–water partition coefficient (Wildman–Crippen LogP) is 4.59. The van der Waals surface area contributed by atoms with Crippen LogP contribution in [0.25, 0.3) is 0 Å². The zero-order valence-electron chi connectivity index (χ0n) is 22.8. The summed E-state index contributed by atoms with van der Waals surface area (Å²) < 4.78 is 70.5. The van der Waals surface area contributed by atoms with E-state index in [0.29, 0.717) is 12.2 Å². The molecule has 216 valence electrons. The van der Waals surface area contributed by atoms with E-state index in [-0.39, 0.29) is 43.6 Å². The molecule has 1 N–H and O–H groups in total. The van der Waals surface area contributed by atoms with Crippen LogP contribution in [-0.4, -0.2) is 57.1 Å². The summed E-state index contributed by atoms with van der Waals surface area (Å²) in [4.78, 5) is 27.6. The molecule has 0 bridgehead atoms. The van der Waals surface area contributed by atoms with Gasteiger partial charge in [0.2, 0.25) is 21.8 Å². The van der Waals surface area contributed by atoms with E-state index in [1.165, 1.54) is 18.1 Å². The Balaban J connectivity index is 2.24. The highest BCUT2D eigenvalue weighted by Crippen LogP contribution is 2.32. The van der Waals surface area contributed by atoms with Crippen molar-refractivity contribution < 1.29 is 35.9 Å². The number of halogens is 3. The number of carbonyl (C=O) groups excluding carboxylic acids is 2. The standard InChI is InChI=1S/C27H36F3N3O5S/c1-6-19(2)31-26(35)20(3)32(18-21-10-7-13-24(16-21)38-4)25(34)14-9-15-33(39(5,36)37)23-12-8-11-22(17-23)27(28,29)30/h7-8,10-13,16-17,19-20H,6,9,14-15,18H2,1-5H3,(H,31,35)/t19-,20+/m0/s1. The van der Waals surface area contributed by atoms with Crippen molar-refractivity contribution in [1.29, 1.82) is 0 Å². The fraction of sp³-hybridized carbons (Fsp3) is 0.481. The van der Waals surface area contributed by atoms with Crippen molar-refractivity contribution >= 4 is 27.5 Å². The second-order valence-electron chi connectivity index (χ2n) is 9.35. The lowest BCUT2D eigenvalue weighted by molar-refractivity contribution is -0.140. The van der Waals surface area contributed by atoms with Gasteiger partial charge in [-0.25, -0.2) is 8.42 Å². The van der Waals surface area contributed by atoms with Gasteiger partial charge in [-0.2, -0.15) is 13.2 Å². The molecule has 0 heterocycles. The molecule has 2 aromatic carbocycles. The van der Waals surface area contributed by atoms with Crippen molar-refractivity contribution in [2.24, 2.45) is 0 Å². The Morgan fingerprint density at radius 3 is 2.33 bits per heavy atom. The number of sulfonamides is 1. The highest BCUT2D eigenvalue weighted by Gasteiger charge is 2.32. The maximum atomic E-state index is 13.4. The molecule has 8 nitrogen and oxygen atoms in total. The van der Waals surface area contributed by atoms with Crippen LogP contribution in [0.3, 0.4) is 0 Å². The van der Waals surface area contributed by atoms with Crippen LogP contribution in [0.2, 0.25) is 0 Å². The van der Waals surface area contributed by atoms with Crippen molar-refractivity contribution in [1.82, 2.24) is 10.2 Å². The average molecular weight is 572 g/mol. The van der Waals surface area contributed by atoms with Crippen molar-refractivity contribution in [3.05, 3.63) is 59.7 Å². The number of nitrogens with one attached hydrogen (secondary N) is 1. The van der Waals surface area contributed by atoms with Gasteiger partial charge in [0.25, 0.3) is 0 Å². The largest absolute Gasteiger partial charge is 0.497 e. The highest BCUT2D eigenvalue weighted by atomic mass is 32.2. The van der Waals surface area contributed by atoms with E-state index in [2.05, 4.69) is 5.32 Å². The summed E-state index contributed by atoms with van der Waals surface area (Å²) in [5.74, 6) is -0.147. The monoisotopic (exact) mass is 571 g/mol. The normalized spacial score (nSPS) is 13.3. The molecule has 0 aromatic heterocycles. The quantitative estimate of drug-likeness (QED) is 0.380. The smallest absolute Gasteiger partial charge is 0.416 e. The first-order chi connectivity index (χ1) is 18.2. The van der Waals surface area contributed by atoms with Gasteiger partial charge in [0.15, 0.2) is 0 Å². The number of amides is 2. The van der Waals surface area contributed by atoms with E-state index in [4.69, 9.17) is 4.74 Å². The minimum Gasteiger partial charge on any atom is -0.497 e. The maximum Gasteiger partial charge on any atom is 0.416 e. The van der Waals surface area contributed by atoms with Gasteiger partial charge in [-0.1, -0.05) is 25.1 Å². The van der Waals surface area contributed by atoms with Crippen LogP contribution in [0.4, 0.5) is 18.9 Å². The number of benzene rings is 2. The minimum absolute atomic E-state index is 0.0243. The first kappa shape index (κ1) is 31.9. The molecule has 2 rings (SSSR count). The van der Waals surface area contributed by atoms with Crippen molar-refractivity contribution in [3.8, 4) is 5.75 Å². The summed E-state index contributed by atoms with van der Waals surface area (Å²) in [5, 5.41) is 2.87. The van der Waals surface area contributed by atoms with E-state index < -0.39 is 33.7 Å². The van der Waals surface area contributed by atoms with Crippen LogP contribution in [0.15, 0.2) is 48.5 Å². The number of hydrogen-bond acceptors (Lipinski definition) is 5. The molecular weight excluding hydrogens is 535 g/mol. The number of hydrogen-bond donors (Lipinski definition) is 1. The molecule has 0 aliphatic rings. The molecular formula is C27H36F3N3O5S. The topological polar surface area (TPSA) is 96.0 Å². The number of carbonyl (C=O) groups is 2. The minimum atomic E-state index is -4.64. The third kappa shape index (κ3) is 9.45. The van der Waals surface area contributed by atoms with Gasteiger partial charge in [-0.05, 0) is 62.6 Å². The molecule has 0 aliphatic heterocycles. The summed E-state index contributed by atoms with van der Waals surface area (Å²) in [6, 6.07) is 10.2. The summed E-state index contributed by atoms with van der Waals surface area (Å²) >= 11 is 0. The zero-order chi connectivity index (χ0) is 29.4. The van der Waals surface area contributed by atoms with Gasteiger partial charge < -0.3 is 15.0 Å². The molecule has 0 aliphatic carbocycles. The van der Waals surface area contributed by atoms with Gasteiger partial charge in [0.1, 0.15) is 11.8 Å². The average Bonchev–Trinajstić information content (AvgIpc) is 2.88. The van der Waals surface area contributed by atoms with Crippen molar-refractivity contribution in [2.75, 3.05) is 24.2 Å². The van der Waals surface area contributed by atoms with Gasteiger partial charge in [0.05, 0.1) is 24.6 Å².